The number of nitrogens with zero attached hydrogens (tertiary/aromatic N) is 6. The second-order valence-electron chi connectivity index (χ2n) is 8.82. The van der Waals surface area contributed by atoms with Crippen molar-refractivity contribution in [3.05, 3.63) is 36.3 Å². The molecule has 2 aliphatic heterocycles. The summed E-state index contributed by atoms with van der Waals surface area (Å²) in [6.07, 6.45) is 5.13. The predicted octanol–water partition coefficient (Wildman–Crippen LogP) is 3.34. The number of aromatic amines is 1. The summed E-state index contributed by atoms with van der Waals surface area (Å²) >= 11 is 0. The molecular weight excluding hydrogens is 406 g/mol. The smallest absolute Gasteiger partial charge is 0.410 e. The van der Waals surface area contributed by atoms with E-state index in [1.165, 1.54) is 0 Å². The van der Waals surface area contributed by atoms with Crippen molar-refractivity contribution in [3.63, 3.8) is 0 Å². The first-order chi connectivity index (χ1) is 15.5. The lowest BCUT2D eigenvalue weighted by Crippen LogP contribution is -2.56. The zero-order chi connectivity index (χ0) is 22.2. The summed E-state index contributed by atoms with van der Waals surface area (Å²) in [5, 5.41) is 9.14. The minimum atomic E-state index is -0.194. The molecule has 2 atom stereocenters. The van der Waals surface area contributed by atoms with Gasteiger partial charge in [-0.2, -0.15) is 5.26 Å². The van der Waals surface area contributed by atoms with Gasteiger partial charge in [0.2, 0.25) is 0 Å². The van der Waals surface area contributed by atoms with Crippen LogP contribution in [0.3, 0.4) is 0 Å². The van der Waals surface area contributed by atoms with Crippen LogP contribution in [0.2, 0.25) is 0 Å². The molecule has 2 bridgehead atoms. The molecule has 9 nitrogen and oxygen atoms in total. The Balaban J connectivity index is 1.41. The van der Waals surface area contributed by atoms with E-state index in [0.717, 1.165) is 42.7 Å². The number of carbonyl (C=O) groups excluding carboxylic acids is 1. The number of piperazine rings is 1. The highest BCUT2D eigenvalue weighted by Crippen LogP contribution is 2.35. The van der Waals surface area contributed by atoms with E-state index in [2.05, 4.69) is 30.9 Å². The molecule has 5 rings (SSSR count). The van der Waals surface area contributed by atoms with E-state index in [9.17, 15) is 4.79 Å². The average Bonchev–Trinajstić information content (AvgIpc) is 3.35. The number of fused-ring (bicyclic) bond motifs is 3. The number of amides is 1. The standard InChI is InChI=1S/C23H25N7O2/c1-14(2)13-32-23(31)30-17-3-4-18(30)12-29(11-17)19-6-8-26-22-20(19)27-21(28-22)15-5-7-25-16(9-15)10-24/h5-9,14,17-18H,3-4,11-13H2,1-2H3,(H,26,27,28). The molecule has 1 N–H and O–H groups in total. The van der Waals surface area contributed by atoms with Crippen LogP contribution < -0.4 is 4.90 Å². The Morgan fingerprint density at radius 2 is 2.00 bits per heavy atom. The normalized spacial score (nSPS) is 20.1. The molecule has 2 aliphatic rings. The van der Waals surface area contributed by atoms with Crippen LogP contribution in [0.4, 0.5) is 10.5 Å². The van der Waals surface area contributed by atoms with Crippen LogP contribution in [-0.4, -0.2) is 62.7 Å². The largest absolute Gasteiger partial charge is 0.449 e. The molecule has 0 saturated carbocycles. The van der Waals surface area contributed by atoms with E-state index in [1.807, 2.05) is 30.9 Å². The monoisotopic (exact) mass is 431 g/mol. The summed E-state index contributed by atoms with van der Waals surface area (Å²) in [6, 6.07) is 7.85. The molecule has 5 heterocycles. The summed E-state index contributed by atoms with van der Waals surface area (Å²) in [5.74, 6) is 0.972. The summed E-state index contributed by atoms with van der Waals surface area (Å²) in [4.78, 5) is 33.4. The molecule has 0 aromatic carbocycles. The van der Waals surface area contributed by atoms with Crippen molar-refractivity contribution in [2.75, 3.05) is 24.6 Å². The number of pyridine rings is 2. The Morgan fingerprint density at radius 3 is 2.72 bits per heavy atom. The minimum Gasteiger partial charge on any atom is -0.449 e. The van der Waals surface area contributed by atoms with Crippen molar-refractivity contribution < 1.29 is 9.53 Å². The van der Waals surface area contributed by atoms with E-state index >= 15 is 0 Å². The number of ether oxygens (including phenoxy) is 1. The molecule has 2 fully saturated rings. The van der Waals surface area contributed by atoms with E-state index in [1.54, 1.807) is 18.5 Å². The highest BCUT2D eigenvalue weighted by Gasteiger charge is 2.44. The number of hydrogen-bond acceptors (Lipinski definition) is 7. The number of anilines is 1. The fourth-order valence-corrected chi connectivity index (χ4v) is 4.65. The Morgan fingerprint density at radius 1 is 1.25 bits per heavy atom. The quantitative estimate of drug-likeness (QED) is 0.674. The van der Waals surface area contributed by atoms with Crippen LogP contribution in [-0.2, 0) is 4.74 Å². The molecule has 32 heavy (non-hydrogen) atoms. The third kappa shape index (κ3) is 3.62. The lowest BCUT2D eigenvalue weighted by atomic mass is 10.1. The Bertz CT molecular complexity index is 1180. The van der Waals surface area contributed by atoms with Crippen molar-refractivity contribution in [3.8, 4) is 17.5 Å². The topological polar surface area (TPSA) is 111 Å². The first kappa shape index (κ1) is 20.2. The summed E-state index contributed by atoms with van der Waals surface area (Å²) in [5.41, 5.74) is 3.63. The molecule has 3 aromatic rings. The minimum absolute atomic E-state index is 0.136. The maximum Gasteiger partial charge on any atom is 0.410 e. The van der Waals surface area contributed by atoms with Crippen molar-refractivity contribution in [1.29, 1.82) is 5.26 Å². The Labute approximate surface area is 186 Å². The summed E-state index contributed by atoms with van der Waals surface area (Å²) in [6.45, 7) is 6.02. The van der Waals surface area contributed by atoms with Crippen molar-refractivity contribution in [2.45, 2.75) is 38.8 Å². The zero-order valence-corrected chi connectivity index (χ0v) is 18.2. The van der Waals surface area contributed by atoms with Crippen LogP contribution in [0.5, 0.6) is 0 Å². The van der Waals surface area contributed by atoms with Crippen LogP contribution in [0.25, 0.3) is 22.6 Å². The predicted molar refractivity (Wildman–Crippen MR) is 119 cm³/mol. The molecular formula is C23H25N7O2. The maximum absolute atomic E-state index is 12.7. The van der Waals surface area contributed by atoms with Gasteiger partial charge in [0.05, 0.1) is 24.4 Å². The SMILES string of the molecule is CC(C)COC(=O)N1C2CCC1CN(c1ccnc3nc(-c4ccnc(C#N)c4)[nH]c13)C2. The third-order valence-electron chi connectivity index (χ3n) is 6.09. The number of imidazole rings is 1. The molecule has 2 unspecified atom stereocenters. The lowest BCUT2D eigenvalue weighted by Gasteiger charge is -2.41. The van der Waals surface area contributed by atoms with E-state index < -0.39 is 0 Å². The molecule has 1 amide bonds. The van der Waals surface area contributed by atoms with Gasteiger partial charge in [-0.05, 0) is 37.0 Å². The first-order valence-corrected chi connectivity index (χ1v) is 10.9. The van der Waals surface area contributed by atoms with E-state index in [-0.39, 0.29) is 18.2 Å². The van der Waals surface area contributed by atoms with Gasteiger partial charge in [0.1, 0.15) is 23.1 Å². The summed E-state index contributed by atoms with van der Waals surface area (Å²) in [7, 11) is 0. The maximum atomic E-state index is 12.7. The molecule has 9 heteroatoms. The number of nitrogens with one attached hydrogen (secondary N) is 1. The fourth-order valence-electron chi connectivity index (χ4n) is 4.65. The zero-order valence-electron chi connectivity index (χ0n) is 18.2. The highest BCUT2D eigenvalue weighted by molar-refractivity contribution is 5.88. The summed E-state index contributed by atoms with van der Waals surface area (Å²) < 4.78 is 5.52. The third-order valence-corrected chi connectivity index (χ3v) is 6.09. The highest BCUT2D eigenvalue weighted by atomic mass is 16.6. The van der Waals surface area contributed by atoms with Crippen LogP contribution in [0.1, 0.15) is 32.4 Å². The van der Waals surface area contributed by atoms with Gasteiger partial charge in [-0.3, -0.25) is 4.90 Å². The molecule has 164 valence electrons. The van der Waals surface area contributed by atoms with Crippen LogP contribution in [0, 0.1) is 17.2 Å². The number of H-pyrrole nitrogens is 1. The molecule has 0 spiro atoms. The molecule has 3 aromatic heterocycles. The molecule has 2 saturated heterocycles. The molecule has 0 radical (unpaired) electrons. The Hall–Kier alpha value is -3.67. The number of carbonyl (C=O) groups is 1. The van der Waals surface area contributed by atoms with Gasteiger partial charge in [0.15, 0.2) is 5.65 Å². The van der Waals surface area contributed by atoms with Crippen molar-refractivity contribution >= 4 is 22.9 Å². The van der Waals surface area contributed by atoms with Crippen LogP contribution in [0.15, 0.2) is 30.6 Å². The van der Waals surface area contributed by atoms with Gasteiger partial charge in [-0.1, -0.05) is 13.8 Å². The fraction of sp³-hybridized carbons (Fsp3) is 0.435. The van der Waals surface area contributed by atoms with Gasteiger partial charge < -0.3 is 14.6 Å². The van der Waals surface area contributed by atoms with E-state index in [0.29, 0.717) is 29.7 Å². The van der Waals surface area contributed by atoms with Gasteiger partial charge in [-0.25, -0.2) is 19.7 Å². The number of aromatic nitrogens is 4. The molecule has 0 aliphatic carbocycles. The second kappa shape index (κ2) is 8.11. The van der Waals surface area contributed by atoms with Gasteiger partial charge in [0.25, 0.3) is 0 Å². The first-order valence-electron chi connectivity index (χ1n) is 10.9. The lowest BCUT2D eigenvalue weighted by molar-refractivity contribution is 0.0704. The van der Waals surface area contributed by atoms with Gasteiger partial charge >= 0.3 is 6.09 Å². The van der Waals surface area contributed by atoms with Crippen molar-refractivity contribution in [1.82, 2.24) is 24.8 Å². The average molecular weight is 432 g/mol. The van der Waals surface area contributed by atoms with Gasteiger partial charge in [0, 0.05) is 31.0 Å². The van der Waals surface area contributed by atoms with Gasteiger partial charge in [-0.15, -0.1) is 0 Å². The number of hydrogen-bond donors (Lipinski definition) is 1. The van der Waals surface area contributed by atoms with E-state index in [4.69, 9.17) is 10.00 Å². The second-order valence-corrected chi connectivity index (χ2v) is 8.82. The van der Waals surface area contributed by atoms with Crippen molar-refractivity contribution in [2.24, 2.45) is 5.92 Å². The number of nitriles is 1. The number of rotatable bonds is 4. The van der Waals surface area contributed by atoms with Crippen LogP contribution >= 0.6 is 0 Å². The Kier molecular flexibility index (Phi) is 5.13.